The van der Waals surface area contributed by atoms with Crippen molar-refractivity contribution in [3.63, 3.8) is 0 Å². The van der Waals surface area contributed by atoms with Crippen molar-refractivity contribution in [1.29, 1.82) is 0 Å². The minimum absolute atomic E-state index is 0.224. The zero-order valence-electron chi connectivity index (χ0n) is 9.42. The average molecular weight is 264 g/mol. The number of nitrogens with zero attached hydrogens (tertiary/aromatic N) is 5. The Morgan fingerprint density at radius 3 is 2.95 bits per heavy atom. The summed E-state index contributed by atoms with van der Waals surface area (Å²) in [5.41, 5.74) is -0.657. The first-order valence-corrected chi connectivity index (χ1v) is 5.05. The van der Waals surface area contributed by atoms with Gasteiger partial charge in [-0.2, -0.15) is 0 Å². The molecule has 0 spiro atoms. The number of carbonyl (C=O) groups is 1. The van der Waals surface area contributed by atoms with Crippen molar-refractivity contribution in [1.82, 2.24) is 20.2 Å². The molecule has 0 fully saturated rings. The van der Waals surface area contributed by atoms with Gasteiger partial charge in [-0.25, -0.2) is 4.68 Å². The molecule has 1 aromatic carbocycles. The van der Waals surface area contributed by atoms with Crippen LogP contribution in [0.4, 0.5) is 11.4 Å². The van der Waals surface area contributed by atoms with E-state index in [9.17, 15) is 20.0 Å². The maximum absolute atomic E-state index is 11.6. The largest absolute Gasteiger partial charge is 0.505 e. The van der Waals surface area contributed by atoms with Gasteiger partial charge in [0.25, 0.3) is 5.69 Å². The van der Waals surface area contributed by atoms with Crippen LogP contribution in [0.5, 0.6) is 5.75 Å². The third-order valence-electron chi connectivity index (χ3n) is 2.18. The van der Waals surface area contributed by atoms with Crippen LogP contribution in [0.2, 0.25) is 0 Å². The lowest BCUT2D eigenvalue weighted by molar-refractivity contribution is -0.384. The predicted molar refractivity (Wildman–Crippen MR) is 61.2 cm³/mol. The van der Waals surface area contributed by atoms with Crippen LogP contribution in [-0.4, -0.2) is 36.1 Å². The monoisotopic (exact) mass is 264 g/mol. The Hall–Kier alpha value is -3.04. The van der Waals surface area contributed by atoms with E-state index in [1.54, 1.807) is 0 Å². The maximum Gasteiger partial charge on any atom is 0.296 e. The molecule has 0 aliphatic rings. The second-order valence-electron chi connectivity index (χ2n) is 3.48. The van der Waals surface area contributed by atoms with E-state index in [2.05, 4.69) is 20.8 Å². The van der Waals surface area contributed by atoms with Crippen molar-refractivity contribution in [3.8, 4) is 5.75 Å². The van der Waals surface area contributed by atoms with Crippen molar-refractivity contribution < 1.29 is 14.8 Å². The van der Waals surface area contributed by atoms with Gasteiger partial charge in [0, 0.05) is 6.07 Å². The third-order valence-corrected chi connectivity index (χ3v) is 2.18. The molecule has 0 aliphatic heterocycles. The fourth-order valence-corrected chi connectivity index (χ4v) is 1.39. The molecule has 0 saturated heterocycles. The van der Waals surface area contributed by atoms with Gasteiger partial charge in [0.2, 0.25) is 5.91 Å². The van der Waals surface area contributed by atoms with Crippen LogP contribution in [-0.2, 0) is 11.3 Å². The number of anilines is 1. The number of phenols is 1. The summed E-state index contributed by atoms with van der Waals surface area (Å²) in [6, 6.07) is 3.72. The van der Waals surface area contributed by atoms with Gasteiger partial charge < -0.3 is 10.4 Å². The first-order chi connectivity index (χ1) is 9.08. The number of phenolic OH excluding ortho intramolecular Hbond substituents is 1. The molecular weight excluding hydrogens is 256 g/mol. The van der Waals surface area contributed by atoms with Gasteiger partial charge in [-0.05, 0) is 16.5 Å². The first kappa shape index (κ1) is 12.4. The van der Waals surface area contributed by atoms with Crippen LogP contribution >= 0.6 is 0 Å². The number of hydrogen-bond acceptors (Lipinski definition) is 7. The van der Waals surface area contributed by atoms with Gasteiger partial charge >= 0.3 is 0 Å². The summed E-state index contributed by atoms with van der Waals surface area (Å²) in [5, 5.41) is 32.7. The second kappa shape index (κ2) is 5.08. The van der Waals surface area contributed by atoms with Crippen LogP contribution in [0.15, 0.2) is 24.5 Å². The number of amides is 1. The molecule has 19 heavy (non-hydrogen) atoms. The van der Waals surface area contributed by atoms with Gasteiger partial charge in [0.05, 0.1) is 4.92 Å². The van der Waals surface area contributed by atoms with E-state index in [1.807, 2.05) is 0 Å². The molecule has 2 N–H and O–H groups in total. The van der Waals surface area contributed by atoms with Crippen molar-refractivity contribution >= 4 is 17.3 Å². The first-order valence-electron chi connectivity index (χ1n) is 5.05. The van der Waals surface area contributed by atoms with E-state index in [0.29, 0.717) is 0 Å². The third kappa shape index (κ3) is 2.80. The van der Waals surface area contributed by atoms with Crippen LogP contribution in [0, 0.1) is 10.1 Å². The van der Waals surface area contributed by atoms with Crippen molar-refractivity contribution in [2.45, 2.75) is 6.54 Å². The van der Waals surface area contributed by atoms with Crippen LogP contribution in [0.25, 0.3) is 0 Å². The van der Waals surface area contributed by atoms with Gasteiger partial charge in [0.1, 0.15) is 18.6 Å². The predicted octanol–water partition coefficient (Wildman–Crippen LogP) is -0.0744. The molecule has 10 nitrogen and oxygen atoms in total. The minimum atomic E-state index is -0.702. The molecule has 0 aliphatic carbocycles. The number of carbonyl (C=O) groups excluding carboxylic acids is 1. The topological polar surface area (TPSA) is 136 Å². The number of benzene rings is 1. The summed E-state index contributed by atoms with van der Waals surface area (Å²) in [5.74, 6) is -0.990. The van der Waals surface area contributed by atoms with Crippen molar-refractivity contribution in [2.75, 3.05) is 5.32 Å². The smallest absolute Gasteiger partial charge is 0.296 e. The van der Waals surface area contributed by atoms with E-state index in [1.165, 1.54) is 24.5 Å². The number of aromatic hydroxyl groups is 1. The van der Waals surface area contributed by atoms with Gasteiger partial charge in [-0.3, -0.25) is 14.9 Å². The highest BCUT2D eigenvalue weighted by Gasteiger charge is 2.19. The molecule has 0 atom stereocenters. The van der Waals surface area contributed by atoms with Crippen LogP contribution < -0.4 is 5.32 Å². The lowest BCUT2D eigenvalue weighted by Crippen LogP contribution is -2.19. The van der Waals surface area contributed by atoms with E-state index in [-0.39, 0.29) is 18.0 Å². The molecular formula is C9H8N6O4. The summed E-state index contributed by atoms with van der Waals surface area (Å²) in [6.07, 6.45) is 1.22. The SMILES string of the molecule is O=C(Cn1cnnn1)Nc1c(O)cccc1[N+](=O)[O-]. The molecule has 10 heteroatoms. The Balaban J connectivity index is 2.19. The number of rotatable bonds is 4. The summed E-state index contributed by atoms with van der Waals surface area (Å²) in [6.45, 7) is -0.224. The van der Waals surface area contributed by atoms with Crippen molar-refractivity contribution in [2.24, 2.45) is 0 Å². The summed E-state index contributed by atoms with van der Waals surface area (Å²) >= 11 is 0. The number of nitro benzene ring substituents is 1. The zero-order chi connectivity index (χ0) is 13.8. The highest BCUT2D eigenvalue weighted by molar-refractivity contribution is 5.94. The second-order valence-corrected chi connectivity index (χ2v) is 3.48. The fourth-order valence-electron chi connectivity index (χ4n) is 1.39. The summed E-state index contributed by atoms with van der Waals surface area (Å²) < 4.78 is 1.14. The average Bonchev–Trinajstić information content (AvgIpc) is 2.84. The van der Waals surface area contributed by atoms with E-state index in [0.717, 1.165) is 4.68 Å². The number of nitrogens with one attached hydrogen (secondary N) is 1. The minimum Gasteiger partial charge on any atom is -0.505 e. The number of tetrazole rings is 1. The highest BCUT2D eigenvalue weighted by atomic mass is 16.6. The fraction of sp³-hybridized carbons (Fsp3) is 0.111. The van der Waals surface area contributed by atoms with Gasteiger partial charge in [0.15, 0.2) is 5.69 Å². The molecule has 2 rings (SSSR count). The van der Waals surface area contributed by atoms with Crippen molar-refractivity contribution in [3.05, 3.63) is 34.6 Å². The molecule has 0 radical (unpaired) electrons. The molecule has 1 amide bonds. The molecule has 0 saturated carbocycles. The van der Waals surface area contributed by atoms with Gasteiger partial charge in [-0.1, -0.05) is 6.07 Å². The lowest BCUT2D eigenvalue weighted by Gasteiger charge is -2.07. The van der Waals surface area contributed by atoms with Crippen LogP contribution in [0.3, 0.4) is 0 Å². The normalized spacial score (nSPS) is 10.1. The number of hydrogen-bond donors (Lipinski definition) is 2. The molecule has 98 valence electrons. The van der Waals surface area contributed by atoms with E-state index >= 15 is 0 Å². The lowest BCUT2D eigenvalue weighted by atomic mass is 10.2. The van der Waals surface area contributed by atoms with E-state index < -0.39 is 16.5 Å². The highest BCUT2D eigenvalue weighted by Crippen LogP contribution is 2.32. The molecule has 2 aromatic rings. The number of para-hydroxylation sites is 1. The zero-order valence-corrected chi connectivity index (χ0v) is 9.42. The summed E-state index contributed by atoms with van der Waals surface area (Å²) in [7, 11) is 0. The Morgan fingerprint density at radius 2 is 2.32 bits per heavy atom. The molecule has 0 bridgehead atoms. The molecule has 0 unspecified atom stereocenters. The standard InChI is InChI=1S/C9H8N6O4/c16-7-3-1-2-6(15(18)19)9(7)11-8(17)4-14-5-10-12-13-14/h1-3,5,16H,4H2,(H,11,17). The summed E-state index contributed by atoms with van der Waals surface area (Å²) in [4.78, 5) is 21.7. The molecule has 1 heterocycles. The maximum atomic E-state index is 11.6. The molecule has 1 aromatic heterocycles. The van der Waals surface area contributed by atoms with E-state index in [4.69, 9.17) is 0 Å². The Kier molecular flexibility index (Phi) is 3.32. The Labute approximate surface area is 105 Å². The van der Waals surface area contributed by atoms with Crippen LogP contribution in [0.1, 0.15) is 0 Å². The van der Waals surface area contributed by atoms with Gasteiger partial charge in [-0.15, -0.1) is 5.10 Å². The quantitative estimate of drug-likeness (QED) is 0.447. The Bertz CT molecular complexity index is 611. The number of aromatic nitrogens is 4. The Morgan fingerprint density at radius 1 is 1.53 bits per heavy atom. The number of nitro groups is 1.